The Hall–Kier alpha value is -2.14. The summed E-state index contributed by atoms with van der Waals surface area (Å²) in [6.07, 6.45) is 22.9. The summed E-state index contributed by atoms with van der Waals surface area (Å²) in [6, 6.07) is 13.9. The number of amides is 1. The lowest BCUT2D eigenvalue weighted by molar-refractivity contribution is -0.115. The lowest BCUT2D eigenvalue weighted by atomic mass is 10.0. The van der Waals surface area contributed by atoms with Gasteiger partial charge in [-0.2, -0.15) is 11.8 Å². The average Bonchev–Trinajstić information content (AvgIpc) is 2.92. The number of rotatable bonds is 23. The number of hydrogen-bond acceptors (Lipinski definition) is 4. The lowest BCUT2D eigenvalue weighted by Gasteiger charge is -2.08. The first-order valence-electron chi connectivity index (χ1n) is 15.1. The van der Waals surface area contributed by atoms with Gasteiger partial charge in [-0.05, 0) is 60.7 Å². The first kappa shape index (κ1) is 32.1. The summed E-state index contributed by atoms with van der Waals surface area (Å²) < 4.78 is 5.74. The maximum absolute atomic E-state index is 12.2. The second kappa shape index (κ2) is 21.8. The molecule has 2 aromatic rings. The van der Waals surface area contributed by atoms with E-state index in [1.807, 2.05) is 36.0 Å². The van der Waals surface area contributed by atoms with Crippen LogP contribution in [0.1, 0.15) is 116 Å². The summed E-state index contributed by atoms with van der Waals surface area (Å²) >= 11 is 1.88. The first-order chi connectivity index (χ1) is 18.7. The Kier molecular flexibility index (Phi) is 18.4. The molecule has 5 heteroatoms. The Balaban J connectivity index is 1.35. The number of benzene rings is 2. The molecule has 0 atom stereocenters. The fourth-order valence-corrected chi connectivity index (χ4v) is 5.44. The number of carbonyl (C=O) groups is 1. The summed E-state index contributed by atoms with van der Waals surface area (Å²) in [5, 5.41) is 12.3. The van der Waals surface area contributed by atoms with E-state index in [9.17, 15) is 9.90 Å². The molecule has 0 bridgehead atoms. The Morgan fingerprint density at radius 3 is 1.61 bits per heavy atom. The smallest absolute Gasteiger partial charge is 0.225 e. The zero-order valence-electron chi connectivity index (χ0n) is 23.7. The minimum absolute atomic E-state index is 0.0525. The Morgan fingerprint density at radius 1 is 0.658 bits per heavy atom. The van der Waals surface area contributed by atoms with Gasteiger partial charge in [0.25, 0.3) is 0 Å². The molecule has 0 heterocycles. The minimum Gasteiger partial charge on any atom is -0.508 e. The molecule has 0 aliphatic carbocycles. The van der Waals surface area contributed by atoms with Crippen molar-refractivity contribution < 1.29 is 14.6 Å². The SMILES string of the molecule is CCCCCCCCCCCCCCCCCCSCCC(=O)Nc1ccc(Oc2ccc(O)cc2)cc1. The predicted molar refractivity (Wildman–Crippen MR) is 165 cm³/mol. The van der Waals surface area contributed by atoms with Crippen molar-refractivity contribution in [2.45, 2.75) is 116 Å². The van der Waals surface area contributed by atoms with Crippen LogP contribution in [0.25, 0.3) is 0 Å². The molecule has 4 nitrogen and oxygen atoms in total. The molecule has 0 fully saturated rings. The van der Waals surface area contributed by atoms with Gasteiger partial charge >= 0.3 is 0 Å². The van der Waals surface area contributed by atoms with E-state index in [0.717, 1.165) is 17.2 Å². The van der Waals surface area contributed by atoms with Crippen LogP contribution in [0.5, 0.6) is 17.2 Å². The molecule has 0 radical (unpaired) electrons. The molecule has 0 unspecified atom stereocenters. The van der Waals surface area contributed by atoms with Crippen molar-refractivity contribution >= 4 is 23.4 Å². The maximum Gasteiger partial charge on any atom is 0.225 e. The van der Waals surface area contributed by atoms with Gasteiger partial charge in [-0.3, -0.25) is 4.79 Å². The normalized spacial score (nSPS) is 11.0. The van der Waals surface area contributed by atoms with E-state index in [2.05, 4.69) is 12.2 Å². The van der Waals surface area contributed by atoms with Crippen molar-refractivity contribution in [2.75, 3.05) is 16.8 Å². The second-order valence-corrected chi connectivity index (χ2v) is 11.6. The maximum atomic E-state index is 12.2. The second-order valence-electron chi connectivity index (χ2n) is 10.3. The van der Waals surface area contributed by atoms with E-state index < -0.39 is 0 Å². The number of phenolic OH excluding ortho intramolecular Hbond substituents is 1. The van der Waals surface area contributed by atoms with Crippen LogP contribution in [0.3, 0.4) is 0 Å². The molecular weight excluding hydrogens is 490 g/mol. The van der Waals surface area contributed by atoms with E-state index in [1.54, 1.807) is 24.3 Å². The van der Waals surface area contributed by atoms with E-state index in [0.29, 0.717) is 17.9 Å². The Bertz CT molecular complexity index is 838. The number of thioether (sulfide) groups is 1. The largest absolute Gasteiger partial charge is 0.508 e. The topological polar surface area (TPSA) is 58.6 Å². The van der Waals surface area contributed by atoms with Crippen LogP contribution in [0.4, 0.5) is 5.69 Å². The molecule has 0 spiro atoms. The summed E-state index contributed by atoms with van der Waals surface area (Å²) in [6.45, 7) is 2.28. The van der Waals surface area contributed by atoms with Gasteiger partial charge in [0.15, 0.2) is 0 Å². The highest BCUT2D eigenvalue weighted by molar-refractivity contribution is 7.99. The number of unbranched alkanes of at least 4 members (excludes halogenated alkanes) is 15. The molecule has 0 saturated carbocycles. The molecule has 2 rings (SSSR count). The fraction of sp³-hybridized carbons (Fsp3) is 0.606. The number of nitrogens with one attached hydrogen (secondary N) is 1. The number of carbonyl (C=O) groups excluding carboxylic acids is 1. The van der Waals surface area contributed by atoms with Gasteiger partial charge in [0.2, 0.25) is 5.91 Å². The van der Waals surface area contributed by atoms with Crippen molar-refractivity contribution in [3.8, 4) is 17.2 Å². The molecule has 1 amide bonds. The van der Waals surface area contributed by atoms with Crippen molar-refractivity contribution in [3.63, 3.8) is 0 Å². The molecule has 2 N–H and O–H groups in total. The van der Waals surface area contributed by atoms with Gasteiger partial charge in [0.1, 0.15) is 17.2 Å². The molecule has 0 aromatic heterocycles. The molecule has 38 heavy (non-hydrogen) atoms. The summed E-state index contributed by atoms with van der Waals surface area (Å²) in [4.78, 5) is 12.2. The van der Waals surface area contributed by atoms with Crippen molar-refractivity contribution in [1.29, 1.82) is 0 Å². The van der Waals surface area contributed by atoms with Crippen LogP contribution in [-0.4, -0.2) is 22.5 Å². The minimum atomic E-state index is 0.0525. The third kappa shape index (κ3) is 16.7. The first-order valence-corrected chi connectivity index (χ1v) is 16.3. The van der Waals surface area contributed by atoms with Crippen molar-refractivity contribution in [1.82, 2.24) is 0 Å². The van der Waals surface area contributed by atoms with Gasteiger partial charge in [-0.25, -0.2) is 0 Å². The predicted octanol–water partition coefficient (Wildman–Crippen LogP) is 10.5. The quantitative estimate of drug-likeness (QED) is 0.137. The van der Waals surface area contributed by atoms with Crippen LogP contribution in [-0.2, 0) is 4.79 Å². The summed E-state index contributed by atoms with van der Waals surface area (Å²) in [5.74, 6) is 3.61. The third-order valence-corrected chi connectivity index (χ3v) is 7.90. The van der Waals surface area contributed by atoms with E-state index >= 15 is 0 Å². The van der Waals surface area contributed by atoms with Gasteiger partial charge < -0.3 is 15.2 Å². The van der Waals surface area contributed by atoms with Gasteiger partial charge in [0.05, 0.1) is 0 Å². The average molecular weight is 542 g/mol. The summed E-state index contributed by atoms with van der Waals surface area (Å²) in [5.41, 5.74) is 0.774. The number of ether oxygens (including phenoxy) is 1. The van der Waals surface area contributed by atoms with E-state index in [1.165, 1.54) is 103 Å². The highest BCUT2D eigenvalue weighted by Crippen LogP contribution is 2.24. The van der Waals surface area contributed by atoms with Crippen molar-refractivity contribution in [2.24, 2.45) is 0 Å². The number of aromatic hydroxyl groups is 1. The van der Waals surface area contributed by atoms with Crippen LogP contribution >= 0.6 is 11.8 Å². The zero-order valence-corrected chi connectivity index (χ0v) is 24.5. The van der Waals surface area contributed by atoms with Gasteiger partial charge in [-0.15, -0.1) is 0 Å². The van der Waals surface area contributed by atoms with Gasteiger partial charge in [-0.1, -0.05) is 103 Å². The molecule has 0 aliphatic heterocycles. The number of anilines is 1. The monoisotopic (exact) mass is 541 g/mol. The highest BCUT2D eigenvalue weighted by Gasteiger charge is 2.04. The lowest BCUT2D eigenvalue weighted by Crippen LogP contribution is -2.12. The molecule has 0 aliphatic rings. The summed E-state index contributed by atoms with van der Waals surface area (Å²) in [7, 11) is 0. The number of phenols is 1. The highest BCUT2D eigenvalue weighted by atomic mass is 32.2. The van der Waals surface area contributed by atoms with Crippen LogP contribution < -0.4 is 10.1 Å². The van der Waals surface area contributed by atoms with E-state index in [-0.39, 0.29) is 11.7 Å². The van der Waals surface area contributed by atoms with Crippen LogP contribution in [0.2, 0.25) is 0 Å². The van der Waals surface area contributed by atoms with Crippen LogP contribution in [0, 0.1) is 0 Å². The Morgan fingerprint density at radius 2 is 1.11 bits per heavy atom. The standard InChI is InChI=1S/C33H51NO3S/c1-2-3-4-5-6-7-8-9-10-11-12-13-14-15-16-17-27-38-28-26-33(36)34-29-18-22-31(23-19-29)37-32-24-20-30(35)21-25-32/h18-25,35H,2-17,26-28H2,1H3,(H,34,36). The van der Waals surface area contributed by atoms with Crippen LogP contribution in [0.15, 0.2) is 48.5 Å². The van der Waals surface area contributed by atoms with Gasteiger partial charge in [0, 0.05) is 17.9 Å². The molecular formula is C33H51NO3S. The third-order valence-electron chi connectivity index (χ3n) is 6.83. The molecule has 2 aromatic carbocycles. The van der Waals surface area contributed by atoms with Crippen molar-refractivity contribution in [3.05, 3.63) is 48.5 Å². The molecule has 0 saturated heterocycles. The fourth-order valence-electron chi connectivity index (χ4n) is 4.50. The number of hydrogen-bond donors (Lipinski definition) is 2. The zero-order chi connectivity index (χ0) is 27.1. The van der Waals surface area contributed by atoms with E-state index in [4.69, 9.17) is 4.74 Å². The molecule has 212 valence electrons. The Labute approximate surface area is 236 Å².